The number of esters is 1. The molecule has 1 heterocycles. The minimum Gasteiger partial charge on any atom is -0.495 e. The number of hydrogen-bond donors (Lipinski definition) is 2. The first kappa shape index (κ1) is 17.0. The molecule has 0 aliphatic carbocycles. The Morgan fingerprint density at radius 3 is 2.62 bits per heavy atom. The fraction of sp³-hybridized carbons (Fsp3) is 0.143. The Morgan fingerprint density at radius 1 is 1.29 bits per heavy atom. The van der Waals surface area contributed by atoms with Gasteiger partial charge in [0.25, 0.3) is 0 Å². The number of amidine groups is 1. The van der Waals surface area contributed by atoms with Gasteiger partial charge in [0, 0.05) is 0 Å². The Balaban J connectivity index is 0.00000220. The molecule has 0 aliphatic rings. The zero-order chi connectivity index (χ0) is 14.5. The summed E-state index contributed by atoms with van der Waals surface area (Å²) in [5.74, 6) is 0.335. The molecule has 1 aromatic carbocycles. The number of hydrogen-bond acceptors (Lipinski definition) is 5. The minimum atomic E-state index is -0.428. The predicted octanol–water partition coefficient (Wildman–Crippen LogP) is 3.40. The van der Waals surface area contributed by atoms with Crippen molar-refractivity contribution in [1.82, 2.24) is 0 Å². The summed E-state index contributed by atoms with van der Waals surface area (Å²) in [4.78, 5) is 12.3. The number of carbonyl (C=O) groups is 1. The second-order valence-corrected chi connectivity index (χ2v) is 4.83. The molecule has 0 saturated carbocycles. The second kappa shape index (κ2) is 7.66. The number of benzene rings is 1. The molecule has 0 atom stereocenters. The summed E-state index contributed by atoms with van der Waals surface area (Å²) in [6, 6.07) is 8.63. The molecule has 0 radical (unpaired) electrons. The molecule has 112 valence electrons. The van der Waals surface area contributed by atoms with Gasteiger partial charge in [-0.15, -0.1) is 23.7 Å². The summed E-state index contributed by atoms with van der Waals surface area (Å²) >= 11 is 1.47. The largest absolute Gasteiger partial charge is 0.495 e. The molecule has 0 aliphatic heterocycles. The average Bonchev–Trinajstić information content (AvgIpc) is 3.01. The molecule has 1 aromatic heterocycles. The van der Waals surface area contributed by atoms with Gasteiger partial charge in [0.2, 0.25) is 0 Å². The second-order valence-electron chi connectivity index (χ2n) is 3.88. The summed E-state index contributed by atoms with van der Waals surface area (Å²) < 4.78 is 9.90. The topological polar surface area (TPSA) is 71.4 Å². The molecule has 5 nitrogen and oxygen atoms in total. The van der Waals surface area contributed by atoms with Crippen molar-refractivity contribution in [3.8, 4) is 5.75 Å². The van der Waals surface area contributed by atoms with E-state index in [9.17, 15) is 4.79 Å². The Morgan fingerprint density at radius 2 is 2.05 bits per heavy atom. The van der Waals surface area contributed by atoms with Gasteiger partial charge in [-0.2, -0.15) is 0 Å². The molecule has 0 fully saturated rings. The first-order valence-corrected chi connectivity index (χ1v) is 6.69. The monoisotopic (exact) mass is 326 g/mol. The Kier molecular flexibility index (Phi) is 6.20. The number of thiophene rings is 1. The number of carbonyl (C=O) groups excluding carboxylic acids is 1. The Labute approximate surface area is 132 Å². The maximum atomic E-state index is 11.5. The highest BCUT2D eigenvalue weighted by atomic mass is 35.5. The van der Waals surface area contributed by atoms with Crippen LogP contribution >= 0.6 is 23.7 Å². The van der Waals surface area contributed by atoms with E-state index in [4.69, 9.17) is 10.1 Å². The SMILES string of the molecule is COC(=O)c1ccc(NC(=N)c2cccs2)c(OC)c1.Cl. The van der Waals surface area contributed by atoms with E-state index in [0.717, 1.165) is 4.88 Å². The highest BCUT2D eigenvalue weighted by Gasteiger charge is 2.12. The van der Waals surface area contributed by atoms with E-state index in [1.54, 1.807) is 18.2 Å². The third-order valence-corrected chi connectivity index (χ3v) is 3.54. The number of methoxy groups -OCH3 is 2. The van der Waals surface area contributed by atoms with E-state index in [1.807, 2.05) is 17.5 Å². The van der Waals surface area contributed by atoms with Gasteiger partial charge >= 0.3 is 5.97 Å². The fourth-order valence-electron chi connectivity index (χ4n) is 1.66. The van der Waals surface area contributed by atoms with Gasteiger partial charge in [-0.05, 0) is 29.6 Å². The minimum absolute atomic E-state index is 0. The maximum Gasteiger partial charge on any atom is 0.337 e. The van der Waals surface area contributed by atoms with E-state index in [1.165, 1.54) is 25.6 Å². The maximum absolute atomic E-state index is 11.5. The average molecular weight is 327 g/mol. The molecule has 2 N–H and O–H groups in total. The van der Waals surface area contributed by atoms with Crippen molar-refractivity contribution in [1.29, 1.82) is 5.41 Å². The summed E-state index contributed by atoms with van der Waals surface area (Å²) in [5, 5.41) is 12.9. The lowest BCUT2D eigenvalue weighted by molar-refractivity contribution is 0.0600. The molecule has 21 heavy (non-hydrogen) atoms. The normalized spacial score (nSPS) is 9.43. The van der Waals surface area contributed by atoms with Crippen LogP contribution in [-0.4, -0.2) is 26.0 Å². The third-order valence-electron chi connectivity index (χ3n) is 2.65. The van der Waals surface area contributed by atoms with Crippen LogP contribution in [0.5, 0.6) is 5.75 Å². The van der Waals surface area contributed by atoms with Crippen LogP contribution in [0.25, 0.3) is 0 Å². The van der Waals surface area contributed by atoms with Gasteiger partial charge in [0.1, 0.15) is 11.6 Å². The first-order chi connectivity index (χ1) is 9.65. The molecule has 7 heteroatoms. The molecule has 0 amide bonds. The number of ether oxygens (including phenoxy) is 2. The molecule has 0 bridgehead atoms. The van der Waals surface area contributed by atoms with Crippen molar-refractivity contribution in [2.75, 3.05) is 19.5 Å². The predicted molar refractivity (Wildman–Crippen MR) is 86.4 cm³/mol. The van der Waals surface area contributed by atoms with Crippen molar-refractivity contribution in [3.05, 3.63) is 46.2 Å². The summed E-state index contributed by atoms with van der Waals surface area (Å²) in [6.45, 7) is 0. The van der Waals surface area contributed by atoms with Crippen molar-refractivity contribution in [2.24, 2.45) is 0 Å². The molecule has 0 spiro atoms. The molecular weight excluding hydrogens is 312 g/mol. The van der Waals surface area contributed by atoms with Crippen molar-refractivity contribution < 1.29 is 14.3 Å². The highest BCUT2D eigenvalue weighted by Crippen LogP contribution is 2.26. The van der Waals surface area contributed by atoms with Gasteiger partial charge in [-0.3, -0.25) is 5.41 Å². The number of nitrogens with one attached hydrogen (secondary N) is 2. The Bertz CT molecular complexity index is 629. The quantitative estimate of drug-likeness (QED) is 0.513. The third kappa shape index (κ3) is 3.96. The van der Waals surface area contributed by atoms with Crippen LogP contribution in [0.3, 0.4) is 0 Å². The van der Waals surface area contributed by atoms with Crippen LogP contribution in [0.1, 0.15) is 15.2 Å². The summed E-state index contributed by atoms with van der Waals surface area (Å²) in [7, 11) is 2.84. The van der Waals surface area contributed by atoms with Gasteiger partial charge in [0.05, 0.1) is 30.3 Å². The van der Waals surface area contributed by atoms with Crippen LogP contribution in [-0.2, 0) is 4.74 Å². The molecule has 2 rings (SSSR count). The lowest BCUT2D eigenvalue weighted by atomic mass is 10.2. The van der Waals surface area contributed by atoms with Gasteiger partial charge in [-0.25, -0.2) is 4.79 Å². The lowest BCUT2D eigenvalue weighted by Crippen LogP contribution is -2.11. The van der Waals surface area contributed by atoms with Crippen LogP contribution in [0, 0.1) is 5.41 Å². The van der Waals surface area contributed by atoms with Gasteiger partial charge < -0.3 is 14.8 Å². The summed E-state index contributed by atoms with van der Waals surface area (Å²) in [6.07, 6.45) is 0. The van der Waals surface area contributed by atoms with Crippen molar-refractivity contribution >= 4 is 41.2 Å². The van der Waals surface area contributed by atoms with E-state index in [2.05, 4.69) is 10.1 Å². The Hall–Kier alpha value is -2.05. The van der Waals surface area contributed by atoms with Gasteiger partial charge in [0.15, 0.2) is 0 Å². The summed E-state index contributed by atoms with van der Waals surface area (Å²) in [5.41, 5.74) is 1.02. The molecular formula is C14H15ClN2O3S. The van der Waals surface area contributed by atoms with Crippen LogP contribution in [0.2, 0.25) is 0 Å². The van der Waals surface area contributed by atoms with Crippen LogP contribution in [0.4, 0.5) is 5.69 Å². The standard InChI is InChI=1S/C14H14N2O3S.ClH/c1-18-11-8-9(14(17)19-2)5-6-10(11)16-13(15)12-4-3-7-20-12;/h3-8H,1-2H3,(H2,15,16);1H. The lowest BCUT2D eigenvalue weighted by Gasteiger charge is -2.12. The van der Waals surface area contributed by atoms with E-state index in [0.29, 0.717) is 17.0 Å². The van der Waals surface area contributed by atoms with E-state index >= 15 is 0 Å². The van der Waals surface area contributed by atoms with E-state index < -0.39 is 5.97 Å². The smallest absolute Gasteiger partial charge is 0.337 e. The highest BCUT2D eigenvalue weighted by molar-refractivity contribution is 7.12. The van der Waals surface area contributed by atoms with Crippen molar-refractivity contribution in [2.45, 2.75) is 0 Å². The zero-order valence-electron chi connectivity index (χ0n) is 11.5. The number of rotatable bonds is 4. The zero-order valence-corrected chi connectivity index (χ0v) is 13.1. The van der Waals surface area contributed by atoms with Gasteiger partial charge in [-0.1, -0.05) is 6.07 Å². The van der Waals surface area contributed by atoms with Crippen LogP contribution in [0.15, 0.2) is 35.7 Å². The van der Waals surface area contributed by atoms with Crippen LogP contribution < -0.4 is 10.1 Å². The molecule has 0 saturated heterocycles. The van der Waals surface area contributed by atoms with E-state index in [-0.39, 0.29) is 18.2 Å². The number of anilines is 1. The molecule has 2 aromatic rings. The van der Waals surface area contributed by atoms with Crippen molar-refractivity contribution in [3.63, 3.8) is 0 Å². The number of halogens is 1. The fourth-order valence-corrected chi connectivity index (χ4v) is 2.29. The first-order valence-electron chi connectivity index (χ1n) is 5.81. The molecule has 0 unspecified atom stereocenters.